The number of fused-ring (bicyclic) bond motifs is 1. The number of carbonyl (C=O) groups excluding carboxylic acids is 1. The predicted octanol–water partition coefficient (Wildman–Crippen LogP) is 2.55. The van der Waals surface area contributed by atoms with E-state index in [0.29, 0.717) is 6.54 Å². The fourth-order valence-corrected chi connectivity index (χ4v) is 2.00. The molecule has 2 heterocycles. The number of hydrogen-bond donors (Lipinski definition) is 2. The second-order valence-electron chi connectivity index (χ2n) is 4.29. The molecule has 0 saturated heterocycles. The van der Waals surface area contributed by atoms with Crippen LogP contribution in [-0.4, -0.2) is 23.3 Å². The van der Waals surface area contributed by atoms with E-state index in [1.54, 1.807) is 12.3 Å². The Hall–Kier alpha value is -2.76. The molecule has 0 spiro atoms. The van der Waals surface area contributed by atoms with E-state index in [-0.39, 0.29) is 5.76 Å². The Morgan fingerprint density at radius 1 is 1.45 bits per heavy atom. The summed E-state index contributed by atoms with van der Waals surface area (Å²) in [5.41, 5.74) is 2.68. The van der Waals surface area contributed by atoms with Crippen molar-refractivity contribution >= 4 is 22.6 Å². The molecule has 6 nitrogen and oxygen atoms in total. The van der Waals surface area contributed by atoms with Gasteiger partial charge in [0.05, 0.1) is 25.1 Å². The van der Waals surface area contributed by atoms with Crippen molar-refractivity contribution in [2.75, 3.05) is 12.4 Å². The number of nitrogens with zero attached hydrogens (tertiary/aromatic N) is 1. The van der Waals surface area contributed by atoms with E-state index in [0.717, 1.165) is 22.2 Å². The van der Waals surface area contributed by atoms with Gasteiger partial charge >= 0.3 is 5.97 Å². The first kappa shape index (κ1) is 12.3. The van der Waals surface area contributed by atoms with E-state index in [1.165, 1.54) is 13.4 Å². The summed E-state index contributed by atoms with van der Waals surface area (Å²) in [5, 5.41) is 11.1. The lowest BCUT2D eigenvalue weighted by Crippen LogP contribution is -2.06. The number of rotatable bonds is 4. The zero-order valence-electron chi connectivity index (χ0n) is 10.8. The molecular weight excluding hydrogens is 258 g/mol. The molecule has 6 heteroatoms. The molecule has 0 radical (unpaired) electrons. The van der Waals surface area contributed by atoms with Crippen LogP contribution in [0.15, 0.2) is 41.1 Å². The number of anilines is 1. The molecule has 0 aliphatic carbocycles. The summed E-state index contributed by atoms with van der Waals surface area (Å²) in [6.07, 6.45) is 3.24. The summed E-state index contributed by atoms with van der Waals surface area (Å²) in [6, 6.07) is 7.62. The van der Waals surface area contributed by atoms with Gasteiger partial charge in [-0.05, 0) is 24.3 Å². The molecule has 102 valence electrons. The summed E-state index contributed by atoms with van der Waals surface area (Å²) in [4.78, 5) is 11.5. The minimum Gasteiger partial charge on any atom is -0.463 e. The van der Waals surface area contributed by atoms with Crippen LogP contribution < -0.4 is 5.32 Å². The quantitative estimate of drug-likeness (QED) is 0.713. The second kappa shape index (κ2) is 5.08. The van der Waals surface area contributed by atoms with Crippen LogP contribution in [0.4, 0.5) is 5.69 Å². The molecule has 0 unspecified atom stereocenters. The highest BCUT2D eigenvalue weighted by Gasteiger charge is 2.15. The van der Waals surface area contributed by atoms with Gasteiger partial charge in [-0.25, -0.2) is 4.79 Å². The Bertz CT molecular complexity index is 745. The van der Waals surface area contributed by atoms with Crippen molar-refractivity contribution in [3.8, 4) is 0 Å². The molecule has 0 amide bonds. The average molecular weight is 271 g/mol. The number of benzene rings is 1. The second-order valence-corrected chi connectivity index (χ2v) is 4.29. The number of H-pyrrole nitrogens is 1. The first-order valence-electron chi connectivity index (χ1n) is 6.09. The maximum absolute atomic E-state index is 11.5. The Morgan fingerprint density at radius 3 is 3.20 bits per heavy atom. The number of nitrogens with one attached hydrogen (secondary N) is 2. The van der Waals surface area contributed by atoms with Crippen molar-refractivity contribution in [2.24, 2.45) is 0 Å². The zero-order valence-corrected chi connectivity index (χ0v) is 10.8. The summed E-state index contributed by atoms with van der Waals surface area (Å²) in [6.45, 7) is 0.476. The van der Waals surface area contributed by atoms with Crippen LogP contribution in [0.5, 0.6) is 0 Å². The molecule has 1 aromatic carbocycles. The van der Waals surface area contributed by atoms with Crippen molar-refractivity contribution in [1.29, 1.82) is 0 Å². The molecule has 0 aliphatic heterocycles. The molecule has 20 heavy (non-hydrogen) atoms. The van der Waals surface area contributed by atoms with Gasteiger partial charge < -0.3 is 14.5 Å². The summed E-state index contributed by atoms with van der Waals surface area (Å²) < 4.78 is 9.80. The normalized spacial score (nSPS) is 10.7. The van der Waals surface area contributed by atoms with Crippen LogP contribution in [0.3, 0.4) is 0 Å². The Balaban J connectivity index is 1.76. The van der Waals surface area contributed by atoms with Crippen LogP contribution in [-0.2, 0) is 11.3 Å². The lowest BCUT2D eigenvalue weighted by molar-refractivity contribution is 0.0563. The minimum absolute atomic E-state index is 0.226. The maximum Gasteiger partial charge on any atom is 0.374 e. The topological polar surface area (TPSA) is 80.1 Å². The average Bonchev–Trinajstić information content (AvgIpc) is 3.12. The van der Waals surface area contributed by atoms with Crippen LogP contribution >= 0.6 is 0 Å². The summed E-state index contributed by atoms with van der Waals surface area (Å²) in [7, 11) is 1.33. The molecule has 0 atom stereocenters. The number of methoxy groups -OCH3 is 1. The highest BCUT2D eigenvalue weighted by atomic mass is 16.5. The van der Waals surface area contributed by atoms with E-state index in [9.17, 15) is 4.79 Å². The van der Waals surface area contributed by atoms with Gasteiger partial charge in [0.25, 0.3) is 0 Å². The fraction of sp³-hybridized carbons (Fsp3) is 0.143. The van der Waals surface area contributed by atoms with Crippen LogP contribution in [0.2, 0.25) is 0 Å². The van der Waals surface area contributed by atoms with Gasteiger partial charge in [-0.3, -0.25) is 5.10 Å². The lowest BCUT2D eigenvalue weighted by Gasteiger charge is -2.06. The number of ether oxygens (including phenoxy) is 1. The SMILES string of the molecule is COC(=O)c1occc1CNc1ccc2[nH]ncc2c1. The largest absolute Gasteiger partial charge is 0.463 e. The summed E-state index contributed by atoms with van der Waals surface area (Å²) in [5.74, 6) is -0.249. The van der Waals surface area contributed by atoms with Gasteiger partial charge in [0.2, 0.25) is 5.76 Å². The molecule has 3 aromatic rings. The van der Waals surface area contributed by atoms with E-state index >= 15 is 0 Å². The molecular formula is C14H13N3O3. The van der Waals surface area contributed by atoms with Crippen molar-refractivity contribution < 1.29 is 13.9 Å². The van der Waals surface area contributed by atoms with Crippen molar-refractivity contribution in [1.82, 2.24) is 10.2 Å². The van der Waals surface area contributed by atoms with Gasteiger partial charge in [0.15, 0.2) is 0 Å². The van der Waals surface area contributed by atoms with Crippen LogP contribution in [0.25, 0.3) is 10.9 Å². The first-order valence-corrected chi connectivity index (χ1v) is 6.09. The maximum atomic E-state index is 11.5. The van der Waals surface area contributed by atoms with Crippen LogP contribution in [0, 0.1) is 0 Å². The lowest BCUT2D eigenvalue weighted by atomic mass is 10.2. The number of carbonyl (C=O) groups is 1. The molecule has 0 aliphatic rings. The molecule has 0 saturated carbocycles. The van der Waals surface area contributed by atoms with Gasteiger partial charge in [-0.1, -0.05) is 0 Å². The van der Waals surface area contributed by atoms with Crippen molar-refractivity contribution in [3.63, 3.8) is 0 Å². The third-order valence-electron chi connectivity index (χ3n) is 3.04. The van der Waals surface area contributed by atoms with E-state index in [2.05, 4.69) is 20.3 Å². The third-order valence-corrected chi connectivity index (χ3v) is 3.04. The summed E-state index contributed by atoms with van der Waals surface area (Å²) >= 11 is 0. The molecule has 2 N–H and O–H groups in total. The van der Waals surface area contributed by atoms with Crippen molar-refractivity contribution in [2.45, 2.75) is 6.54 Å². The van der Waals surface area contributed by atoms with Gasteiger partial charge in [0.1, 0.15) is 0 Å². The van der Waals surface area contributed by atoms with Gasteiger partial charge in [-0.2, -0.15) is 5.10 Å². The predicted molar refractivity (Wildman–Crippen MR) is 73.5 cm³/mol. The monoisotopic (exact) mass is 271 g/mol. The van der Waals surface area contributed by atoms with Gasteiger partial charge in [-0.15, -0.1) is 0 Å². The van der Waals surface area contributed by atoms with Crippen molar-refractivity contribution in [3.05, 3.63) is 48.0 Å². The number of aromatic nitrogens is 2. The first-order chi connectivity index (χ1) is 9.78. The minimum atomic E-state index is -0.475. The zero-order chi connectivity index (χ0) is 13.9. The molecule has 0 fully saturated rings. The van der Waals surface area contributed by atoms with E-state index in [1.807, 2.05) is 18.2 Å². The highest BCUT2D eigenvalue weighted by molar-refractivity contribution is 5.88. The number of hydrogen-bond acceptors (Lipinski definition) is 5. The number of aromatic amines is 1. The van der Waals surface area contributed by atoms with E-state index in [4.69, 9.17) is 4.42 Å². The molecule has 2 aromatic heterocycles. The molecule has 3 rings (SSSR count). The Labute approximate surface area is 114 Å². The fourth-order valence-electron chi connectivity index (χ4n) is 2.00. The van der Waals surface area contributed by atoms with Gasteiger partial charge in [0, 0.05) is 23.2 Å². The standard InChI is InChI=1S/C14H13N3O3/c1-19-14(18)13-9(4-5-20-13)7-15-11-2-3-12-10(6-11)8-16-17-12/h2-6,8,15H,7H2,1H3,(H,16,17). The number of furan rings is 1. The highest BCUT2D eigenvalue weighted by Crippen LogP contribution is 2.19. The van der Waals surface area contributed by atoms with Crippen LogP contribution in [0.1, 0.15) is 16.1 Å². The van der Waals surface area contributed by atoms with E-state index < -0.39 is 5.97 Å². The molecule has 0 bridgehead atoms. The Morgan fingerprint density at radius 2 is 2.35 bits per heavy atom. The number of esters is 1. The third kappa shape index (κ3) is 2.23. The smallest absolute Gasteiger partial charge is 0.374 e. The Kier molecular flexibility index (Phi) is 3.12.